The van der Waals surface area contributed by atoms with Gasteiger partial charge in [0.1, 0.15) is 5.82 Å². The first-order chi connectivity index (χ1) is 9.85. The second-order valence-electron chi connectivity index (χ2n) is 5.56. The normalized spacial score (nSPS) is 15.1. The van der Waals surface area contributed by atoms with Gasteiger partial charge in [-0.05, 0) is 50.3 Å². The Bertz CT molecular complexity index is 376. The zero-order valence-corrected chi connectivity index (χ0v) is 12.5. The molecule has 0 unspecified atom stereocenters. The van der Waals surface area contributed by atoms with Crippen molar-refractivity contribution in [3.05, 3.63) is 23.9 Å². The van der Waals surface area contributed by atoms with E-state index in [4.69, 9.17) is 5.11 Å². The van der Waals surface area contributed by atoms with Gasteiger partial charge in [0.15, 0.2) is 0 Å². The van der Waals surface area contributed by atoms with Crippen LogP contribution in [0.2, 0.25) is 0 Å². The highest BCUT2D eigenvalue weighted by molar-refractivity contribution is 5.41. The summed E-state index contributed by atoms with van der Waals surface area (Å²) in [6.07, 6.45) is 7.78. The molecule has 2 N–H and O–H groups in total. The van der Waals surface area contributed by atoms with Crippen LogP contribution in [0.25, 0.3) is 0 Å². The third kappa shape index (κ3) is 4.18. The fourth-order valence-electron chi connectivity index (χ4n) is 2.52. The summed E-state index contributed by atoms with van der Waals surface area (Å²) in [4.78, 5) is 6.98. The molecule has 1 fully saturated rings. The number of anilines is 1. The summed E-state index contributed by atoms with van der Waals surface area (Å²) in [5, 5.41) is 12.4. The van der Waals surface area contributed by atoms with Crippen molar-refractivity contribution in [1.29, 1.82) is 0 Å². The molecule has 0 saturated heterocycles. The Morgan fingerprint density at radius 2 is 2.25 bits per heavy atom. The van der Waals surface area contributed by atoms with Crippen LogP contribution in [0.4, 0.5) is 5.82 Å². The number of aliphatic hydroxyl groups is 1. The summed E-state index contributed by atoms with van der Waals surface area (Å²) in [6.45, 7) is 5.27. The number of nitrogens with one attached hydrogen (secondary N) is 1. The van der Waals surface area contributed by atoms with E-state index in [9.17, 15) is 0 Å². The second kappa shape index (κ2) is 8.22. The van der Waals surface area contributed by atoms with Crippen LogP contribution < -0.4 is 10.2 Å². The van der Waals surface area contributed by atoms with Gasteiger partial charge in [-0.3, -0.25) is 0 Å². The maximum Gasteiger partial charge on any atom is 0.128 e. The lowest BCUT2D eigenvalue weighted by atomic mass is 9.91. The number of aromatic nitrogens is 1. The third-order valence-corrected chi connectivity index (χ3v) is 3.93. The molecule has 4 heteroatoms. The zero-order chi connectivity index (χ0) is 14.2. The van der Waals surface area contributed by atoms with Crippen molar-refractivity contribution >= 4 is 5.82 Å². The highest BCUT2D eigenvalue weighted by Crippen LogP contribution is 2.28. The molecule has 2 rings (SSSR count). The first kappa shape index (κ1) is 15.3. The Morgan fingerprint density at radius 1 is 1.40 bits per heavy atom. The van der Waals surface area contributed by atoms with Crippen LogP contribution in [0.3, 0.4) is 0 Å². The predicted molar refractivity (Wildman–Crippen MR) is 82.9 cm³/mol. The molecule has 1 aliphatic rings. The largest absolute Gasteiger partial charge is 0.396 e. The van der Waals surface area contributed by atoms with E-state index in [1.165, 1.54) is 24.8 Å². The van der Waals surface area contributed by atoms with Crippen LogP contribution in [0.15, 0.2) is 18.3 Å². The molecule has 0 atom stereocenters. The number of hydrogen-bond acceptors (Lipinski definition) is 4. The Morgan fingerprint density at radius 3 is 2.80 bits per heavy atom. The van der Waals surface area contributed by atoms with E-state index in [1.54, 1.807) is 0 Å². The minimum absolute atomic E-state index is 0.252. The van der Waals surface area contributed by atoms with Crippen molar-refractivity contribution in [2.24, 2.45) is 0 Å². The highest BCUT2D eigenvalue weighted by atomic mass is 16.3. The molecule has 0 amide bonds. The summed E-state index contributed by atoms with van der Waals surface area (Å²) >= 11 is 0. The minimum atomic E-state index is 0.252. The first-order valence-electron chi connectivity index (χ1n) is 7.88. The van der Waals surface area contributed by atoms with Crippen molar-refractivity contribution in [1.82, 2.24) is 10.3 Å². The SMILES string of the molecule is CCCNCc1ccc(N(CCCO)C2CCC2)nc1. The fraction of sp³-hybridized carbons (Fsp3) is 0.688. The second-order valence-corrected chi connectivity index (χ2v) is 5.56. The average Bonchev–Trinajstić information content (AvgIpc) is 2.42. The molecular formula is C16H27N3O. The molecule has 20 heavy (non-hydrogen) atoms. The van der Waals surface area contributed by atoms with Crippen LogP contribution in [-0.4, -0.2) is 35.8 Å². The predicted octanol–water partition coefficient (Wildman–Crippen LogP) is 2.32. The standard InChI is InChI=1S/C16H27N3O/c1-2-9-17-12-14-7-8-16(18-13-14)19(10-4-11-20)15-5-3-6-15/h7-8,13,15,17,20H,2-6,9-12H2,1H3. The topological polar surface area (TPSA) is 48.4 Å². The summed E-state index contributed by atoms with van der Waals surface area (Å²) in [6, 6.07) is 4.91. The van der Waals surface area contributed by atoms with E-state index in [1.807, 2.05) is 6.20 Å². The summed E-state index contributed by atoms with van der Waals surface area (Å²) in [5.41, 5.74) is 1.23. The molecule has 4 nitrogen and oxygen atoms in total. The van der Waals surface area contributed by atoms with Crippen molar-refractivity contribution in [3.8, 4) is 0 Å². The van der Waals surface area contributed by atoms with Crippen molar-refractivity contribution in [2.75, 3.05) is 24.6 Å². The van der Waals surface area contributed by atoms with Crippen molar-refractivity contribution in [2.45, 2.75) is 51.6 Å². The number of nitrogens with zero attached hydrogens (tertiary/aromatic N) is 2. The van der Waals surface area contributed by atoms with Gasteiger partial charge in [0.05, 0.1) is 0 Å². The highest BCUT2D eigenvalue weighted by Gasteiger charge is 2.25. The Hall–Kier alpha value is -1.13. The van der Waals surface area contributed by atoms with Gasteiger partial charge < -0.3 is 15.3 Å². The number of hydrogen-bond donors (Lipinski definition) is 2. The quantitative estimate of drug-likeness (QED) is 0.680. The summed E-state index contributed by atoms with van der Waals surface area (Å²) in [5.74, 6) is 1.06. The molecule has 0 aromatic carbocycles. The Kier molecular flexibility index (Phi) is 6.27. The molecule has 1 heterocycles. The fourth-order valence-corrected chi connectivity index (χ4v) is 2.52. The van der Waals surface area contributed by atoms with Crippen LogP contribution in [0.5, 0.6) is 0 Å². The zero-order valence-electron chi connectivity index (χ0n) is 12.5. The van der Waals surface area contributed by atoms with Gasteiger partial charge in [0.25, 0.3) is 0 Å². The van der Waals surface area contributed by atoms with Crippen molar-refractivity contribution < 1.29 is 5.11 Å². The van der Waals surface area contributed by atoms with Gasteiger partial charge in [-0.1, -0.05) is 13.0 Å². The Labute approximate surface area is 122 Å². The van der Waals surface area contributed by atoms with Crippen molar-refractivity contribution in [3.63, 3.8) is 0 Å². The van der Waals surface area contributed by atoms with E-state index >= 15 is 0 Å². The maximum absolute atomic E-state index is 9.04. The minimum Gasteiger partial charge on any atom is -0.396 e. The van der Waals surface area contributed by atoms with Crippen LogP contribution >= 0.6 is 0 Å². The van der Waals surface area contributed by atoms with Gasteiger partial charge in [-0.25, -0.2) is 4.98 Å². The first-order valence-corrected chi connectivity index (χ1v) is 7.88. The molecule has 0 radical (unpaired) electrons. The monoisotopic (exact) mass is 277 g/mol. The van der Waals surface area contributed by atoms with E-state index in [0.29, 0.717) is 6.04 Å². The summed E-state index contributed by atoms with van der Waals surface area (Å²) in [7, 11) is 0. The molecule has 1 saturated carbocycles. The van der Waals surface area contributed by atoms with Gasteiger partial charge in [0, 0.05) is 31.9 Å². The van der Waals surface area contributed by atoms with Gasteiger partial charge in [0.2, 0.25) is 0 Å². The van der Waals surface area contributed by atoms with Crippen LogP contribution in [-0.2, 0) is 6.54 Å². The third-order valence-electron chi connectivity index (χ3n) is 3.93. The van der Waals surface area contributed by atoms with E-state index < -0.39 is 0 Å². The molecule has 1 aromatic rings. The van der Waals surface area contributed by atoms with Crippen LogP contribution in [0, 0.1) is 0 Å². The lowest BCUT2D eigenvalue weighted by Gasteiger charge is -2.38. The molecular weight excluding hydrogens is 250 g/mol. The van der Waals surface area contributed by atoms with Crippen LogP contribution in [0.1, 0.15) is 44.6 Å². The average molecular weight is 277 g/mol. The maximum atomic E-state index is 9.04. The smallest absolute Gasteiger partial charge is 0.128 e. The Balaban J connectivity index is 1.94. The molecule has 112 valence electrons. The number of pyridine rings is 1. The molecule has 1 aromatic heterocycles. The molecule has 0 aliphatic heterocycles. The lowest BCUT2D eigenvalue weighted by Crippen LogP contribution is -2.41. The number of aliphatic hydroxyl groups excluding tert-OH is 1. The van der Waals surface area contributed by atoms with E-state index in [-0.39, 0.29) is 6.61 Å². The number of rotatable bonds is 9. The summed E-state index contributed by atoms with van der Waals surface area (Å²) < 4.78 is 0. The van der Waals surface area contributed by atoms with Gasteiger partial charge >= 0.3 is 0 Å². The van der Waals surface area contributed by atoms with Gasteiger partial charge in [-0.2, -0.15) is 0 Å². The lowest BCUT2D eigenvalue weighted by molar-refractivity contribution is 0.282. The van der Waals surface area contributed by atoms with Gasteiger partial charge in [-0.15, -0.1) is 0 Å². The molecule has 0 bridgehead atoms. The molecule has 0 spiro atoms. The van der Waals surface area contributed by atoms with E-state index in [2.05, 4.69) is 34.3 Å². The molecule has 1 aliphatic carbocycles. The van der Waals surface area contributed by atoms with E-state index in [0.717, 1.165) is 38.3 Å².